The summed E-state index contributed by atoms with van der Waals surface area (Å²) in [7, 11) is 2.00. The molecule has 1 aromatic heterocycles. The van der Waals surface area contributed by atoms with Crippen LogP contribution in [0.15, 0.2) is 53.1 Å². The molecule has 1 aliphatic heterocycles. The fourth-order valence-corrected chi connectivity index (χ4v) is 4.48. The zero-order valence-corrected chi connectivity index (χ0v) is 21.1. The third-order valence-corrected chi connectivity index (χ3v) is 6.58. The number of likely N-dealkylation sites (N-methyl/N-ethyl adjacent to an activating group) is 1. The molecule has 1 aliphatic rings. The monoisotopic (exact) mass is 540 g/mol. The molecule has 36 heavy (non-hydrogen) atoms. The maximum atomic E-state index is 13.2. The zero-order chi connectivity index (χ0) is 25.9. The molecule has 2 aromatic carbocycles. The summed E-state index contributed by atoms with van der Waals surface area (Å²) in [6.45, 7) is 3.41. The minimum atomic E-state index is -4.44. The predicted octanol–water partition coefficient (Wildman–Crippen LogP) is 5.59. The van der Waals surface area contributed by atoms with Crippen molar-refractivity contribution in [2.45, 2.75) is 25.8 Å². The van der Waals surface area contributed by atoms with Gasteiger partial charge in [-0.1, -0.05) is 47.5 Å². The topological polar surface area (TPSA) is 52.8 Å². The average molecular weight is 541 g/mol. The van der Waals surface area contributed by atoms with E-state index in [0.29, 0.717) is 35.2 Å². The van der Waals surface area contributed by atoms with Gasteiger partial charge in [-0.25, -0.2) is 4.98 Å². The third kappa shape index (κ3) is 6.79. The standard InChI is InChI=1S/C25H25Cl2F3N4O2/c1-32-7-9-34(10-8-32)24(35)22-16-36-23(31-22)15-33(14-18-5-6-20(26)12-21(18)27)13-17-3-2-4-19(11-17)25(28,29)30/h2-6,11-12,16H,7-10,13-15H2,1H3. The Labute approximate surface area is 217 Å². The molecule has 0 N–H and O–H groups in total. The van der Waals surface area contributed by atoms with Crippen LogP contribution in [0.2, 0.25) is 10.0 Å². The van der Waals surface area contributed by atoms with Gasteiger partial charge in [-0.2, -0.15) is 13.2 Å². The van der Waals surface area contributed by atoms with E-state index in [9.17, 15) is 18.0 Å². The molecule has 0 atom stereocenters. The van der Waals surface area contributed by atoms with Crippen LogP contribution in [0.1, 0.15) is 33.1 Å². The van der Waals surface area contributed by atoms with E-state index in [-0.39, 0.29) is 30.6 Å². The minimum absolute atomic E-state index is 0.158. The van der Waals surface area contributed by atoms with Crippen molar-refractivity contribution < 1.29 is 22.4 Å². The van der Waals surface area contributed by atoms with Crippen LogP contribution < -0.4 is 0 Å². The van der Waals surface area contributed by atoms with Gasteiger partial charge >= 0.3 is 6.18 Å². The molecule has 0 saturated carbocycles. The molecule has 11 heteroatoms. The summed E-state index contributed by atoms with van der Waals surface area (Å²) in [6.07, 6.45) is -3.12. The van der Waals surface area contributed by atoms with E-state index >= 15 is 0 Å². The summed E-state index contributed by atoms with van der Waals surface area (Å²) in [5.41, 5.74) is 0.697. The van der Waals surface area contributed by atoms with Crippen LogP contribution in [0.3, 0.4) is 0 Å². The Morgan fingerprint density at radius 2 is 1.81 bits per heavy atom. The second-order valence-electron chi connectivity index (χ2n) is 8.80. The van der Waals surface area contributed by atoms with Gasteiger partial charge in [0.2, 0.25) is 5.89 Å². The number of oxazole rings is 1. The lowest BCUT2D eigenvalue weighted by Crippen LogP contribution is -2.47. The number of carbonyl (C=O) groups is 1. The maximum Gasteiger partial charge on any atom is 0.416 e. The average Bonchev–Trinajstić information content (AvgIpc) is 3.29. The van der Waals surface area contributed by atoms with Crippen molar-refractivity contribution in [2.75, 3.05) is 33.2 Å². The molecular formula is C25H25Cl2F3N4O2. The lowest BCUT2D eigenvalue weighted by atomic mass is 10.1. The first kappa shape index (κ1) is 26.5. The molecule has 1 fully saturated rings. The predicted molar refractivity (Wildman–Crippen MR) is 131 cm³/mol. The van der Waals surface area contributed by atoms with Crippen LogP contribution in [-0.4, -0.2) is 58.8 Å². The Morgan fingerprint density at radius 3 is 2.50 bits per heavy atom. The normalized spacial score (nSPS) is 15.0. The second kappa shape index (κ2) is 11.2. The smallest absolute Gasteiger partial charge is 0.416 e. The maximum absolute atomic E-state index is 13.2. The fourth-order valence-electron chi connectivity index (χ4n) is 4.01. The van der Waals surface area contributed by atoms with Crippen molar-refractivity contribution in [2.24, 2.45) is 0 Å². The van der Waals surface area contributed by atoms with E-state index in [2.05, 4.69) is 9.88 Å². The molecule has 2 heterocycles. The Hall–Kier alpha value is -2.59. The molecule has 0 bridgehead atoms. The molecule has 4 rings (SSSR count). The highest BCUT2D eigenvalue weighted by atomic mass is 35.5. The number of aromatic nitrogens is 1. The molecule has 192 valence electrons. The first-order valence-corrected chi connectivity index (χ1v) is 12.1. The highest BCUT2D eigenvalue weighted by Gasteiger charge is 2.30. The van der Waals surface area contributed by atoms with Crippen molar-refractivity contribution in [1.82, 2.24) is 19.7 Å². The quantitative estimate of drug-likeness (QED) is 0.391. The zero-order valence-electron chi connectivity index (χ0n) is 19.6. The van der Waals surface area contributed by atoms with Gasteiger partial charge in [-0.15, -0.1) is 0 Å². The highest BCUT2D eigenvalue weighted by Crippen LogP contribution is 2.30. The third-order valence-electron chi connectivity index (χ3n) is 5.99. The summed E-state index contributed by atoms with van der Waals surface area (Å²) in [5, 5.41) is 0.919. The molecule has 0 spiro atoms. The van der Waals surface area contributed by atoms with Crippen molar-refractivity contribution in [3.63, 3.8) is 0 Å². The first-order chi connectivity index (χ1) is 17.1. The van der Waals surface area contributed by atoms with E-state index in [1.54, 1.807) is 29.2 Å². The number of nitrogens with zero attached hydrogens (tertiary/aromatic N) is 4. The molecule has 1 saturated heterocycles. The SMILES string of the molecule is CN1CCN(C(=O)c2coc(CN(Cc3cccc(C(F)(F)F)c3)Cc3ccc(Cl)cc3Cl)n2)CC1. The summed E-state index contributed by atoms with van der Waals surface area (Å²) in [4.78, 5) is 22.9. The van der Waals surface area contributed by atoms with Crippen LogP contribution in [0.4, 0.5) is 13.2 Å². The van der Waals surface area contributed by atoms with Crippen LogP contribution in [0.5, 0.6) is 0 Å². The highest BCUT2D eigenvalue weighted by molar-refractivity contribution is 6.35. The lowest BCUT2D eigenvalue weighted by molar-refractivity contribution is -0.137. The molecule has 6 nitrogen and oxygen atoms in total. The summed E-state index contributed by atoms with van der Waals surface area (Å²) in [5.74, 6) is 0.0767. The van der Waals surface area contributed by atoms with Crippen LogP contribution in [0, 0.1) is 0 Å². The molecular weight excluding hydrogens is 516 g/mol. The minimum Gasteiger partial charge on any atom is -0.447 e. The van der Waals surface area contributed by atoms with E-state index in [1.807, 2.05) is 11.9 Å². The van der Waals surface area contributed by atoms with E-state index in [0.717, 1.165) is 30.8 Å². The van der Waals surface area contributed by atoms with Crippen LogP contribution in [-0.2, 0) is 25.8 Å². The number of halogens is 5. The van der Waals surface area contributed by atoms with Gasteiger partial charge in [0.1, 0.15) is 6.26 Å². The molecule has 3 aromatic rings. The number of hydrogen-bond acceptors (Lipinski definition) is 5. The van der Waals surface area contributed by atoms with E-state index in [1.165, 1.54) is 12.3 Å². The van der Waals surface area contributed by atoms with Gasteiger partial charge < -0.3 is 14.2 Å². The molecule has 0 radical (unpaired) electrons. The number of hydrogen-bond donors (Lipinski definition) is 0. The Bertz CT molecular complexity index is 1210. The number of piperazine rings is 1. The molecule has 0 unspecified atom stereocenters. The molecule has 1 amide bonds. The van der Waals surface area contributed by atoms with Crippen LogP contribution >= 0.6 is 23.2 Å². The second-order valence-corrected chi connectivity index (χ2v) is 9.64. The summed E-state index contributed by atoms with van der Waals surface area (Å²) >= 11 is 12.4. The van der Waals surface area contributed by atoms with Crippen molar-refractivity contribution in [1.29, 1.82) is 0 Å². The Kier molecular flexibility index (Phi) is 8.24. The van der Waals surface area contributed by atoms with Gasteiger partial charge in [-0.3, -0.25) is 9.69 Å². The fraction of sp³-hybridized carbons (Fsp3) is 0.360. The Morgan fingerprint density at radius 1 is 1.06 bits per heavy atom. The van der Waals surface area contributed by atoms with Gasteiger partial charge in [0.15, 0.2) is 5.69 Å². The van der Waals surface area contributed by atoms with Gasteiger partial charge in [0.25, 0.3) is 5.91 Å². The van der Waals surface area contributed by atoms with E-state index in [4.69, 9.17) is 27.6 Å². The van der Waals surface area contributed by atoms with Crippen LogP contribution in [0.25, 0.3) is 0 Å². The number of amides is 1. The summed E-state index contributed by atoms with van der Waals surface area (Å²) < 4.78 is 45.3. The van der Waals surface area contributed by atoms with Crippen molar-refractivity contribution in [3.8, 4) is 0 Å². The Balaban J connectivity index is 1.53. The number of carbonyl (C=O) groups excluding carboxylic acids is 1. The van der Waals surface area contributed by atoms with Gasteiger partial charge in [0.05, 0.1) is 12.1 Å². The molecule has 0 aliphatic carbocycles. The lowest BCUT2D eigenvalue weighted by Gasteiger charge is -2.31. The number of alkyl halides is 3. The van der Waals surface area contributed by atoms with Gasteiger partial charge in [-0.05, 0) is 36.4 Å². The number of rotatable bonds is 7. The number of benzene rings is 2. The van der Waals surface area contributed by atoms with Crippen molar-refractivity contribution in [3.05, 3.63) is 87.0 Å². The first-order valence-electron chi connectivity index (χ1n) is 11.3. The van der Waals surface area contributed by atoms with Gasteiger partial charge in [0, 0.05) is 49.3 Å². The van der Waals surface area contributed by atoms with Crippen molar-refractivity contribution >= 4 is 29.1 Å². The largest absolute Gasteiger partial charge is 0.447 e. The summed E-state index contributed by atoms with van der Waals surface area (Å²) in [6, 6.07) is 10.2. The van der Waals surface area contributed by atoms with E-state index < -0.39 is 11.7 Å².